The number of rotatable bonds is 10. The van der Waals surface area contributed by atoms with Crippen LogP contribution in [-0.2, 0) is 6.42 Å². The molecule has 0 fully saturated rings. The third kappa shape index (κ3) is 6.10. The van der Waals surface area contributed by atoms with Gasteiger partial charge < -0.3 is 4.90 Å². The van der Waals surface area contributed by atoms with Crippen molar-refractivity contribution >= 4 is 17.5 Å². The number of hydrogen-bond acceptors (Lipinski definition) is 3. The van der Waals surface area contributed by atoms with Crippen molar-refractivity contribution in [1.29, 1.82) is 0 Å². The molecule has 1 aromatic rings. The Labute approximate surface area is 127 Å². The molecule has 0 bridgehead atoms. The van der Waals surface area contributed by atoms with E-state index in [0.29, 0.717) is 5.75 Å². The lowest BCUT2D eigenvalue weighted by Crippen LogP contribution is -2.25. The number of nitrogens with zero attached hydrogens (tertiary/aromatic N) is 1. The molecule has 0 amide bonds. The molecule has 0 aliphatic heterocycles. The Kier molecular flexibility index (Phi) is 8.63. The Balaban J connectivity index is 2.32. The van der Waals surface area contributed by atoms with E-state index < -0.39 is 0 Å². The summed E-state index contributed by atoms with van der Waals surface area (Å²) in [4.78, 5) is 14.4. The minimum atomic E-state index is 0.248. The summed E-state index contributed by atoms with van der Waals surface area (Å²) in [7, 11) is 0. The molecule has 1 rings (SSSR count). The van der Waals surface area contributed by atoms with Crippen LogP contribution >= 0.6 is 11.8 Å². The minimum Gasteiger partial charge on any atom is -0.303 e. The number of Topliss-reactive ketones (excluding diaryl/α,β-unsaturated/α-hetero) is 1. The first-order valence-corrected chi connectivity index (χ1v) is 8.78. The maximum atomic E-state index is 12.1. The van der Waals surface area contributed by atoms with E-state index in [0.717, 1.165) is 43.8 Å². The molecule has 3 heteroatoms. The fourth-order valence-corrected chi connectivity index (χ4v) is 3.01. The highest BCUT2D eigenvalue weighted by Crippen LogP contribution is 2.11. The molecule has 2 nitrogen and oxygen atoms in total. The summed E-state index contributed by atoms with van der Waals surface area (Å²) < 4.78 is 0. The number of carbonyl (C=O) groups excluding carboxylic acids is 1. The zero-order valence-electron chi connectivity index (χ0n) is 13.0. The van der Waals surface area contributed by atoms with E-state index >= 15 is 0 Å². The molecule has 0 aromatic heterocycles. The molecule has 0 N–H and O–H groups in total. The standard InChI is InChI=1S/C17H27NOS/c1-4-7-15-8-10-16(11-9-15)17(19)14-20-13-12-18(5-2)6-3/h8-11H,4-7,12-14H2,1-3H3. The van der Waals surface area contributed by atoms with Gasteiger partial charge in [-0.3, -0.25) is 4.79 Å². The predicted octanol–water partition coefficient (Wildman–Crippen LogP) is 3.90. The highest BCUT2D eigenvalue weighted by molar-refractivity contribution is 8.00. The van der Waals surface area contributed by atoms with Crippen LogP contribution in [0.3, 0.4) is 0 Å². The number of ketones is 1. The highest BCUT2D eigenvalue weighted by atomic mass is 32.2. The molecule has 0 spiro atoms. The first-order chi connectivity index (χ1) is 9.71. The van der Waals surface area contributed by atoms with Crippen LogP contribution in [0.1, 0.15) is 43.1 Å². The zero-order chi connectivity index (χ0) is 14.8. The largest absolute Gasteiger partial charge is 0.303 e. The lowest BCUT2D eigenvalue weighted by molar-refractivity contribution is 0.102. The summed E-state index contributed by atoms with van der Waals surface area (Å²) in [6, 6.07) is 8.10. The molecular formula is C17H27NOS. The number of hydrogen-bond donors (Lipinski definition) is 0. The molecule has 0 saturated heterocycles. The van der Waals surface area contributed by atoms with Crippen LogP contribution in [0.4, 0.5) is 0 Å². The molecule has 1 aromatic carbocycles. The quantitative estimate of drug-likeness (QED) is 0.482. The maximum Gasteiger partial charge on any atom is 0.172 e. The van der Waals surface area contributed by atoms with Crippen LogP contribution in [0.15, 0.2) is 24.3 Å². The molecule has 0 atom stereocenters. The molecular weight excluding hydrogens is 266 g/mol. The maximum absolute atomic E-state index is 12.1. The Bertz CT molecular complexity index is 384. The van der Waals surface area contributed by atoms with Gasteiger partial charge in [-0.1, -0.05) is 51.5 Å². The van der Waals surface area contributed by atoms with Crippen molar-refractivity contribution in [3.05, 3.63) is 35.4 Å². The van der Waals surface area contributed by atoms with E-state index in [1.54, 1.807) is 11.8 Å². The van der Waals surface area contributed by atoms with Gasteiger partial charge in [0.2, 0.25) is 0 Å². The summed E-state index contributed by atoms with van der Waals surface area (Å²) in [6.45, 7) is 9.77. The van der Waals surface area contributed by atoms with Gasteiger partial charge in [0.15, 0.2) is 5.78 Å². The van der Waals surface area contributed by atoms with Gasteiger partial charge in [-0.05, 0) is 25.1 Å². The van der Waals surface area contributed by atoms with Gasteiger partial charge in [0.25, 0.3) is 0 Å². The van der Waals surface area contributed by atoms with Gasteiger partial charge in [-0.25, -0.2) is 0 Å². The van der Waals surface area contributed by atoms with Crippen molar-refractivity contribution in [3.63, 3.8) is 0 Å². The van der Waals surface area contributed by atoms with E-state index in [1.165, 1.54) is 5.56 Å². The fourth-order valence-electron chi connectivity index (χ4n) is 2.13. The van der Waals surface area contributed by atoms with Gasteiger partial charge >= 0.3 is 0 Å². The Morgan fingerprint density at radius 2 is 1.75 bits per heavy atom. The van der Waals surface area contributed by atoms with E-state index in [9.17, 15) is 4.79 Å². The van der Waals surface area contributed by atoms with Gasteiger partial charge in [-0.15, -0.1) is 0 Å². The molecule has 0 unspecified atom stereocenters. The van der Waals surface area contributed by atoms with Crippen molar-refractivity contribution in [2.24, 2.45) is 0 Å². The van der Waals surface area contributed by atoms with Crippen LogP contribution in [-0.4, -0.2) is 41.8 Å². The number of benzene rings is 1. The van der Waals surface area contributed by atoms with Crippen molar-refractivity contribution in [2.75, 3.05) is 31.1 Å². The van der Waals surface area contributed by atoms with Crippen LogP contribution < -0.4 is 0 Å². The molecule has 0 heterocycles. The number of carbonyl (C=O) groups is 1. The SMILES string of the molecule is CCCc1ccc(C(=O)CSCCN(CC)CC)cc1. The van der Waals surface area contributed by atoms with Gasteiger partial charge in [-0.2, -0.15) is 11.8 Å². The van der Waals surface area contributed by atoms with Crippen LogP contribution in [0.2, 0.25) is 0 Å². The molecule has 0 saturated carbocycles. The van der Waals surface area contributed by atoms with Crippen molar-refractivity contribution < 1.29 is 4.79 Å². The Morgan fingerprint density at radius 3 is 2.30 bits per heavy atom. The zero-order valence-corrected chi connectivity index (χ0v) is 13.8. The average Bonchev–Trinajstić information content (AvgIpc) is 2.48. The second-order valence-electron chi connectivity index (χ2n) is 4.95. The lowest BCUT2D eigenvalue weighted by atomic mass is 10.1. The second-order valence-corrected chi connectivity index (χ2v) is 6.05. The van der Waals surface area contributed by atoms with E-state index in [2.05, 4.69) is 37.8 Å². The summed E-state index contributed by atoms with van der Waals surface area (Å²) in [5.74, 6) is 1.87. The normalized spacial score (nSPS) is 11.0. The monoisotopic (exact) mass is 293 g/mol. The molecule has 0 aliphatic rings. The molecule has 20 heavy (non-hydrogen) atoms. The lowest BCUT2D eigenvalue weighted by Gasteiger charge is -2.17. The van der Waals surface area contributed by atoms with Crippen LogP contribution in [0, 0.1) is 0 Å². The molecule has 0 radical (unpaired) electrons. The third-order valence-electron chi connectivity index (χ3n) is 3.49. The van der Waals surface area contributed by atoms with Crippen LogP contribution in [0.5, 0.6) is 0 Å². The average molecular weight is 293 g/mol. The Morgan fingerprint density at radius 1 is 1.10 bits per heavy atom. The fraction of sp³-hybridized carbons (Fsp3) is 0.588. The van der Waals surface area contributed by atoms with E-state index in [4.69, 9.17) is 0 Å². The van der Waals surface area contributed by atoms with E-state index in [-0.39, 0.29) is 5.78 Å². The summed E-state index contributed by atoms with van der Waals surface area (Å²) in [5.41, 5.74) is 2.17. The predicted molar refractivity (Wildman–Crippen MR) is 89.9 cm³/mol. The molecule has 0 aliphatic carbocycles. The molecule has 112 valence electrons. The first kappa shape index (κ1) is 17.3. The Hall–Kier alpha value is -0.800. The highest BCUT2D eigenvalue weighted by Gasteiger charge is 2.06. The minimum absolute atomic E-state index is 0.248. The topological polar surface area (TPSA) is 20.3 Å². The van der Waals surface area contributed by atoms with Crippen molar-refractivity contribution in [3.8, 4) is 0 Å². The number of aryl methyl sites for hydroxylation is 1. The summed E-state index contributed by atoms with van der Waals surface area (Å²) >= 11 is 1.74. The summed E-state index contributed by atoms with van der Waals surface area (Å²) in [6.07, 6.45) is 2.24. The third-order valence-corrected chi connectivity index (χ3v) is 4.43. The number of thioether (sulfide) groups is 1. The van der Waals surface area contributed by atoms with E-state index in [1.807, 2.05) is 12.1 Å². The van der Waals surface area contributed by atoms with Gasteiger partial charge in [0.1, 0.15) is 0 Å². The van der Waals surface area contributed by atoms with Gasteiger partial charge in [0, 0.05) is 17.9 Å². The first-order valence-electron chi connectivity index (χ1n) is 7.63. The smallest absolute Gasteiger partial charge is 0.172 e. The van der Waals surface area contributed by atoms with Gasteiger partial charge in [0.05, 0.1) is 5.75 Å². The van der Waals surface area contributed by atoms with Crippen molar-refractivity contribution in [1.82, 2.24) is 4.90 Å². The summed E-state index contributed by atoms with van der Waals surface area (Å²) in [5, 5.41) is 0. The van der Waals surface area contributed by atoms with Crippen LogP contribution in [0.25, 0.3) is 0 Å². The second kappa shape index (κ2) is 10.0. The van der Waals surface area contributed by atoms with Crippen molar-refractivity contribution in [2.45, 2.75) is 33.6 Å².